The Morgan fingerprint density at radius 1 is 0.923 bits per heavy atom. The Morgan fingerprint density at radius 3 is 1.96 bits per heavy atom. The molecular formula is C17H15Br2ClN2O4. The molecule has 0 aliphatic carbocycles. The molecule has 138 valence electrons. The molecule has 0 bridgehead atoms. The van der Waals surface area contributed by atoms with E-state index < -0.39 is 11.8 Å². The molecule has 2 N–H and O–H groups in total. The molecule has 0 saturated heterocycles. The van der Waals surface area contributed by atoms with Crippen LogP contribution >= 0.6 is 43.5 Å². The lowest BCUT2D eigenvalue weighted by Gasteiger charge is -2.11. The van der Waals surface area contributed by atoms with Gasteiger partial charge in [0.2, 0.25) is 0 Å². The Morgan fingerprint density at radius 2 is 1.42 bits per heavy atom. The molecule has 6 nitrogen and oxygen atoms in total. The van der Waals surface area contributed by atoms with Gasteiger partial charge >= 0.3 is 0 Å². The Balaban J connectivity index is 1.72. The monoisotopic (exact) mass is 504 g/mol. The molecule has 0 aliphatic rings. The summed E-state index contributed by atoms with van der Waals surface area (Å²) in [5.41, 5.74) is 5.38. The van der Waals surface area contributed by atoms with Crippen LogP contribution in [0.25, 0.3) is 0 Å². The highest BCUT2D eigenvalue weighted by atomic mass is 79.9. The number of hydrazine groups is 1. The third-order valence-electron chi connectivity index (χ3n) is 3.09. The van der Waals surface area contributed by atoms with E-state index in [1.165, 1.54) is 0 Å². The van der Waals surface area contributed by atoms with Gasteiger partial charge in [0.05, 0.1) is 5.02 Å². The van der Waals surface area contributed by atoms with Crippen LogP contribution in [0.15, 0.2) is 45.3 Å². The van der Waals surface area contributed by atoms with E-state index in [2.05, 4.69) is 42.7 Å². The molecule has 0 unspecified atom stereocenters. The summed E-state index contributed by atoms with van der Waals surface area (Å²) in [6.07, 6.45) is 0. The molecule has 0 heterocycles. The van der Waals surface area contributed by atoms with E-state index in [0.29, 0.717) is 16.5 Å². The SMILES string of the molecule is Cc1cc(Br)ccc1OCC(=O)NNC(=O)COc1ccc(Br)cc1Cl. The third kappa shape index (κ3) is 6.51. The Labute approximate surface area is 172 Å². The summed E-state index contributed by atoms with van der Waals surface area (Å²) in [5.74, 6) is -0.0761. The number of rotatable bonds is 6. The maximum absolute atomic E-state index is 11.7. The second-order valence-corrected chi connectivity index (χ2v) is 7.40. The lowest BCUT2D eigenvalue weighted by atomic mass is 10.2. The molecule has 26 heavy (non-hydrogen) atoms. The Hall–Kier alpha value is -1.77. The van der Waals surface area contributed by atoms with Crippen LogP contribution in [0.4, 0.5) is 0 Å². The number of hydrogen-bond donors (Lipinski definition) is 2. The highest BCUT2D eigenvalue weighted by Crippen LogP contribution is 2.27. The first-order valence-corrected chi connectivity index (χ1v) is 9.36. The second-order valence-electron chi connectivity index (χ2n) is 5.16. The number of nitrogens with one attached hydrogen (secondary N) is 2. The van der Waals surface area contributed by atoms with Crippen molar-refractivity contribution >= 4 is 55.3 Å². The highest BCUT2D eigenvalue weighted by molar-refractivity contribution is 9.10. The molecular weight excluding hydrogens is 491 g/mol. The van der Waals surface area contributed by atoms with Gasteiger partial charge in [0.1, 0.15) is 11.5 Å². The largest absolute Gasteiger partial charge is 0.483 e. The maximum atomic E-state index is 11.7. The van der Waals surface area contributed by atoms with Crippen LogP contribution < -0.4 is 20.3 Å². The lowest BCUT2D eigenvalue weighted by molar-refractivity contribution is -0.131. The van der Waals surface area contributed by atoms with Crippen molar-refractivity contribution in [2.24, 2.45) is 0 Å². The number of ether oxygens (including phenoxy) is 2. The molecule has 2 rings (SSSR count). The van der Waals surface area contributed by atoms with E-state index in [9.17, 15) is 9.59 Å². The molecule has 0 aromatic heterocycles. The van der Waals surface area contributed by atoms with Crippen molar-refractivity contribution in [1.29, 1.82) is 0 Å². The molecule has 0 radical (unpaired) electrons. The molecule has 0 saturated carbocycles. The predicted octanol–water partition coefficient (Wildman–Crippen LogP) is 3.78. The summed E-state index contributed by atoms with van der Waals surface area (Å²) in [7, 11) is 0. The molecule has 0 fully saturated rings. The van der Waals surface area contributed by atoms with Gasteiger partial charge in [0.15, 0.2) is 13.2 Å². The van der Waals surface area contributed by atoms with Gasteiger partial charge in [0, 0.05) is 8.95 Å². The third-order valence-corrected chi connectivity index (χ3v) is 4.37. The number of hydrogen-bond acceptors (Lipinski definition) is 4. The maximum Gasteiger partial charge on any atom is 0.276 e. The van der Waals surface area contributed by atoms with Gasteiger partial charge in [0.25, 0.3) is 11.8 Å². The minimum atomic E-state index is -0.530. The van der Waals surface area contributed by atoms with E-state index in [-0.39, 0.29) is 13.2 Å². The van der Waals surface area contributed by atoms with Crippen molar-refractivity contribution in [1.82, 2.24) is 10.9 Å². The van der Waals surface area contributed by atoms with Gasteiger partial charge in [-0.3, -0.25) is 20.4 Å². The first-order valence-electron chi connectivity index (χ1n) is 7.39. The predicted molar refractivity (Wildman–Crippen MR) is 105 cm³/mol. The Bertz CT molecular complexity index is 750. The van der Waals surface area contributed by atoms with Crippen LogP contribution in [0.1, 0.15) is 5.56 Å². The number of amides is 2. The molecule has 0 atom stereocenters. The second kappa shape index (κ2) is 9.80. The van der Waals surface area contributed by atoms with E-state index in [4.69, 9.17) is 21.1 Å². The fourth-order valence-corrected chi connectivity index (χ4v) is 3.07. The number of carbonyl (C=O) groups excluding carboxylic acids is 2. The van der Waals surface area contributed by atoms with E-state index >= 15 is 0 Å². The molecule has 0 aliphatic heterocycles. The van der Waals surface area contributed by atoms with Gasteiger partial charge in [-0.1, -0.05) is 43.5 Å². The first-order chi connectivity index (χ1) is 12.3. The van der Waals surface area contributed by atoms with Crippen molar-refractivity contribution in [2.45, 2.75) is 6.92 Å². The van der Waals surface area contributed by atoms with Gasteiger partial charge in [-0.05, 0) is 48.9 Å². The zero-order chi connectivity index (χ0) is 19.1. The van der Waals surface area contributed by atoms with Gasteiger partial charge in [-0.25, -0.2) is 0 Å². The van der Waals surface area contributed by atoms with Gasteiger partial charge in [-0.2, -0.15) is 0 Å². The normalized spacial score (nSPS) is 10.2. The molecule has 0 spiro atoms. The smallest absolute Gasteiger partial charge is 0.276 e. The average molecular weight is 507 g/mol. The summed E-state index contributed by atoms with van der Waals surface area (Å²) in [4.78, 5) is 23.5. The summed E-state index contributed by atoms with van der Waals surface area (Å²) < 4.78 is 12.4. The van der Waals surface area contributed by atoms with Crippen LogP contribution in [0.5, 0.6) is 11.5 Å². The average Bonchev–Trinajstić information content (AvgIpc) is 2.58. The fourth-order valence-electron chi connectivity index (χ4n) is 1.87. The minimum absolute atomic E-state index is 0.234. The van der Waals surface area contributed by atoms with Crippen molar-refractivity contribution in [2.75, 3.05) is 13.2 Å². The van der Waals surface area contributed by atoms with Crippen LogP contribution in [-0.4, -0.2) is 25.0 Å². The summed E-state index contributed by atoms with van der Waals surface area (Å²) in [6.45, 7) is 1.33. The highest BCUT2D eigenvalue weighted by Gasteiger charge is 2.09. The number of halogens is 3. The first kappa shape index (κ1) is 20.5. The summed E-state index contributed by atoms with van der Waals surface area (Å²) in [5, 5.41) is 0.370. The van der Waals surface area contributed by atoms with Crippen molar-refractivity contribution in [3.8, 4) is 11.5 Å². The summed E-state index contributed by atoms with van der Waals surface area (Å²) >= 11 is 12.6. The Kier molecular flexibility index (Phi) is 7.74. The molecule has 2 aromatic rings. The van der Waals surface area contributed by atoms with Crippen molar-refractivity contribution in [3.63, 3.8) is 0 Å². The van der Waals surface area contributed by atoms with Crippen LogP contribution in [-0.2, 0) is 9.59 Å². The van der Waals surface area contributed by atoms with E-state index in [1.54, 1.807) is 24.3 Å². The molecule has 2 amide bonds. The standard InChI is InChI=1S/C17H15Br2ClN2O4/c1-10-6-11(18)2-4-14(10)25-8-16(23)21-22-17(24)9-26-15-5-3-12(19)7-13(15)20/h2-7H,8-9H2,1H3,(H,21,23)(H,22,24). The van der Waals surface area contributed by atoms with Gasteiger partial charge in [-0.15, -0.1) is 0 Å². The minimum Gasteiger partial charge on any atom is -0.483 e. The lowest BCUT2D eigenvalue weighted by Crippen LogP contribution is -2.45. The zero-order valence-electron chi connectivity index (χ0n) is 13.6. The van der Waals surface area contributed by atoms with Crippen LogP contribution in [0, 0.1) is 6.92 Å². The molecule has 9 heteroatoms. The van der Waals surface area contributed by atoms with Crippen molar-refractivity contribution in [3.05, 3.63) is 55.9 Å². The van der Waals surface area contributed by atoms with E-state index in [0.717, 1.165) is 14.5 Å². The zero-order valence-corrected chi connectivity index (χ0v) is 17.6. The van der Waals surface area contributed by atoms with Crippen LogP contribution in [0.3, 0.4) is 0 Å². The van der Waals surface area contributed by atoms with Gasteiger partial charge < -0.3 is 9.47 Å². The number of aryl methyl sites for hydroxylation is 1. The quantitative estimate of drug-likeness (QED) is 0.585. The fraction of sp³-hybridized carbons (Fsp3) is 0.176. The van der Waals surface area contributed by atoms with E-state index in [1.807, 2.05) is 19.1 Å². The number of carbonyl (C=O) groups is 2. The molecule has 2 aromatic carbocycles. The topological polar surface area (TPSA) is 76.7 Å². The van der Waals surface area contributed by atoms with Crippen molar-refractivity contribution < 1.29 is 19.1 Å². The number of benzene rings is 2. The van der Waals surface area contributed by atoms with Crippen LogP contribution in [0.2, 0.25) is 5.02 Å². The summed E-state index contributed by atoms with van der Waals surface area (Å²) in [6, 6.07) is 10.5.